The Balaban J connectivity index is 1.13. The Bertz CT molecular complexity index is 4210. The van der Waals surface area contributed by atoms with Gasteiger partial charge in [0.05, 0.1) is 36.0 Å². The summed E-state index contributed by atoms with van der Waals surface area (Å²) in [5, 5.41) is 4.19. The maximum atomic E-state index is 9.40. The molecular weight excluding hydrogens is 771 g/mol. The van der Waals surface area contributed by atoms with Crippen molar-refractivity contribution in [2.24, 2.45) is 0 Å². The number of hydrogen-bond donors (Lipinski definition) is 0. The molecule has 4 heterocycles. The van der Waals surface area contributed by atoms with E-state index in [1.807, 2.05) is 133 Å². The molecular formula is C57H35N5O. The number of rotatable bonds is 6. The highest BCUT2D eigenvalue weighted by atomic mass is 16.3. The normalized spacial score (nSPS) is 13.1. The van der Waals surface area contributed by atoms with Gasteiger partial charge in [0.2, 0.25) is 0 Å². The van der Waals surface area contributed by atoms with Gasteiger partial charge in [0, 0.05) is 65.8 Å². The summed E-state index contributed by atoms with van der Waals surface area (Å²) in [6, 6.07) is 55.9. The van der Waals surface area contributed by atoms with Crippen LogP contribution in [0.3, 0.4) is 0 Å². The summed E-state index contributed by atoms with van der Waals surface area (Å²) in [4.78, 5) is 15.7. The Morgan fingerprint density at radius 2 is 1.02 bits per heavy atom. The summed E-state index contributed by atoms with van der Waals surface area (Å²) in [5.41, 5.74) is 8.96. The molecule has 9 aromatic carbocycles. The molecule has 13 aromatic rings. The first-order chi connectivity index (χ1) is 33.7. The topological polar surface area (TPSA) is 61.7 Å². The minimum absolute atomic E-state index is 0.0672. The first kappa shape index (κ1) is 29.6. The average Bonchev–Trinajstić information content (AvgIpc) is 4.07. The lowest BCUT2D eigenvalue weighted by atomic mass is 9.98. The zero-order valence-electron chi connectivity index (χ0n) is 39.4. The van der Waals surface area contributed by atoms with Gasteiger partial charge in [0.15, 0.2) is 17.5 Å². The van der Waals surface area contributed by atoms with Gasteiger partial charge >= 0.3 is 0 Å². The van der Waals surface area contributed by atoms with Crippen molar-refractivity contribution in [3.8, 4) is 56.7 Å². The van der Waals surface area contributed by atoms with Crippen LogP contribution in [0, 0.1) is 0 Å². The predicted molar refractivity (Wildman–Crippen MR) is 258 cm³/mol. The highest BCUT2D eigenvalue weighted by molar-refractivity contribution is 6.16. The van der Waals surface area contributed by atoms with E-state index in [2.05, 4.69) is 34.9 Å². The molecule has 294 valence electrons. The molecule has 0 bridgehead atoms. The van der Waals surface area contributed by atoms with Gasteiger partial charge in [0.1, 0.15) is 11.2 Å². The van der Waals surface area contributed by atoms with Crippen LogP contribution in [0.1, 0.15) is 8.22 Å². The summed E-state index contributed by atoms with van der Waals surface area (Å²) < 4.78 is 65.1. The van der Waals surface area contributed by atoms with E-state index < -0.39 is 0 Å². The fourth-order valence-corrected chi connectivity index (χ4v) is 9.20. The quantitative estimate of drug-likeness (QED) is 0.168. The van der Waals surface area contributed by atoms with Gasteiger partial charge in [-0.25, -0.2) is 15.0 Å². The molecule has 0 aliphatic heterocycles. The lowest BCUT2D eigenvalue weighted by Crippen LogP contribution is -2.02. The van der Waals surface area contributed by atoms with Crippen molar-refractivity contribution >= 4 is 65.6 Å². The molecule has 0 amide bonds. The summed E-state index contributed by atoms with van der Waals surface area (Å²) in [7, 11) is 0. The molecule has 0 spiro atoms. The molecule has 0 aliphatic rings. The number of nitrogens with zero attached hydrogens (tertiary/aromatic N) is 5. The highest BCUT2D eigenvalue weighted by Gasteiger charge is 2.23. The van der Waals surface area contributed by atoms with Gasteiger partial charge in [-0.1, -0.05) is 164 Å². The smallest absolute Gasteiger partial charge is 0.164 e. The lowest BCUT2D eigenvalue weighted by Gasteiger charge is -2.16. The number of hydrogen-bond acceptors (Lipinski definition) is 4. The molecule has 0 N–H and O–H groups in total. The summed E-state index contributed by atoms with van der Waals surface area (Å²) in [6.45, 7) is 0. The minimum Gasteiger partial charge on any atom is -0.455 e. The minimum atomic E-state index is -0.197. The van der Waals surface area contributed by atoms with Crippen LogP contribution < -0.4 is 0 Å². The van der Waals surface area contributed by atoms with E-state index in [1.54, 1.807) is 4.57 Å². The van der Waals surface area contributed by atoms with Crippen LogP contribution in [0.25, 0.3) is 122 Å². The molecule has 4 aromatic heterocycles. The molecule has 63 heavy (non-hydrogen) atoms. The third-order valence-corrected chi connectivity index (χ3v) is 11.9. The van der Waals surface area contributed by atoms with Crippen molar-refractivity contribution in [1.82, 2.24) is 24.1 Å². The second-order valence-electron chi connectivity index (χ2n) is 15.5. The maximum absolute atomic E-state index is 9.40. The zero-order chi connectivity index (χ0) is 46.7. The Morgan fingerprint density at radius 1 is 0.397 bits per heavy atom. The van der Waals surface area contributed by atoms with E-state index in [0.717, 1.165) is 55.0 Å². The van der Waals surface area contributed by atoms with Crippen LogP contribution in [0.2, 0.25) is 0 Å². The second-order valence-corrected chi connectivity index (χ2v) is 15.5. The fourth-order valence-electron chi connectivity index (χ4n) is 9.20. The first-order valence-electron chi connectivity index (χ1n) is 23.7. The molecule has 0 aliphatic carbocycles. The van der Waals surface area contributed by atoms with Crippen LogP contribution in [0.5, 0.6) is 0 Å². The number of benzene rings is 9. The number of para-hydroxylation sites is 6. The molecule has 0 radical (unpaired) electrons. The first-order valence-corrected chi connectivity index (χ1v) is 20.7. The van der Waals surface area contributed by atoms with E-state index >= 15 is 0 Å². The third kappa shape index (κ3) is 5.48. The van der Waals surface area contributed by atoms with Gasteiger partial charge in [0.25, 0.3) is 0 Å². The standard InChI is InChI=1S/C57H35N5O/c1-3-17-36(18-4-1)55-58-56(60-57(59-55)46-27-16-31-50-53(46)45-24-9-13-30-49(45)61(50)38-19-5-2-6-20-38)37-33-34-41(43-25-15-26-44-42-23-10-14-32-52(42)63-54(43)44)51(35-37)62-47-28-11-7-21-39(47)40-22-8-12-29-48(40)62/h1-35H/i7D,8D,21D,22D,28D,29D. The van der Waals surface area contributed by atoms with E-state index in [9.17, 15) is 5.48 Å². The number of furan rings is 1. The number of fused-ring (bicyclic) bond motifs is 9. The van der Waals surface area contributed by atoms with E-state index in [0.29, 0.717) is 45.5 Å². The molecule has 0 saturated heterocycles. The van der Waals surface area contributed by atoms with Crippen molar-refractivity contribution in [1.29, 1.82) is 0 Å². The Morgan fingerprint density at radius 3 is 1.81 bits per heavy atom. The molecule has 0 saturated carbocycles. The van der Waals surface area contributed by atoms with Gasteiger partial charge in [-0.3, -0.25) is 0 Å². The highest BCUT2D eigenvalue weighted by Crippen LogP contribution is 2.43. The number of aromatic nitrogens is 5. The summed E-state index contributed by atoms with van der Waals surface area (Å²) in [5.74, 6) is 1.28. The predicted octanol–water partition coefficient (Wildman–Crippen LogP) is 14.6. The van der Waals surface area contributed by atoms with Crippen molar-refractivity contribution in [3.63, 3.8) is 0 Å². The lowest BCUT2D eigenvalue weighted by molar-refractivity contribution is 0.670. The van der Waals surface area contributed by atoms with Gasteiger partial charge < -0.3 is 13.6 Å². The Hall–Kier alpha value is -8.61. The zero-order valence-corrected chi connectivity index (χ0v) is 33.4. The van der Waals surface area contributed by atoms with E-state index in [-0.39, 0.29) is 58.1 Å². The van der Waals surface area contributed by atoms with Gasteiger partial charge in [-0.2, -0.15) is 0 Å². The molecule has 13 rings (SSSR count). The molecule has 0 unspecified atom stereocenters. The Labute approximate surface area is 370 Å². The van der Waals surface area contributed by atoms with Crippen LogP contribution in [-0.4, -0.2) is 24.1 Å². The third-order valence-electron chi connectivity index (χ3n) is 11.9. The largest absolute Gasteiger partial charge is 0.455 e. The second kappa shape index (κ2) is 14.0. The Kier molecular flexibility index (Phi) is 6.56. The van der Waals surface area contributed by atoms with Crippen LogP contribution in [-0.2, 0) is 0 Å². The van der Waals surface area contributed by atoms with Gasteiger partial charge in [-0.15, -0.1) is 0 Å². The maximum Gasteiger partial charge on any atom is 0.164 e. The molecule has 0 fully saturated rings. The van der Waals surface area contributed by atoms with Crippen molar-refractivity contribution < 1.29 is 12.6 Å². The van der Waals surface area contributed by atoms with Crippen molar-refractivity contribution in [3.05, 3.63) is 212 Å². The SMILES string of the molecule is [2H]c1cc([2H])c2c(c1[2H])c1c([2H])c([2H])cc([2H])c1n2-c1cc(-c2nc(-c3ccccc3)nc(-c3cccc4c3c3ccccc3n4-c3ccccc3)n2)ccc1-c1cccc2c1oc1ccccc12. The van der Waals surface area contributed by atoms with Crippen LogP contribution in [0.15, 0.2) is 217 Å². The average molecular weight is 812 g/mol. The van der Waals surface area contributed by atoms with Crippen LogP contribution in [0.4, 0.5) is 0 Å². The van der Waals surface area contributed by atoms with Crippen molar-refractivity contribution in [2.75, 3.05) is 0 Å². The molecule has 0 atom stereocenters. The molecule has 6 nitrogen and oxygen atoms in total. The monoisotopic (exact) mass is 811 g/mol. The summed E-state index contributed by atoms with van der Waals surface area (Å²) in [6.07, 6.45) is 0. The van der Waals surface area contributed by atoms with E-state index in [4.69, 9.17) is 22.1 Å². The van der Waals surface area contributed by atoms with Crippen molar-refractivity contribution in [2.45, 2.75) is 0 Å². The summed E-state index contributed by atoms with van der Waals surface area (Å²) >= 11 is 0. The van der Waals surface area contributed by atoms with E-state index in [1.165, 1.54) is 12.1 Å². The fraction of sp³-hybridized carbons (Fsp3) is 0. The van der Waals surface area contributed by atoms with Crippen LogP contribution >= 0.6 is 0 Å². The van der Waals surface area contributed by atoms with Gasteiger partial charge in [-0.05, 0) is 48.5 Å². The molecule has 6 heteroatoms.